The van der Waals surface area contributed by atoms with Crippen LogP contribution in [0.15, 0.2) is 12.7 Å². The van der Waals surface area contributed by atoms with Gasteiger partial charge in [0.2, 0.25) is 0 Å². The average Bonchev–Trinajstić information content (AvgIpc) is 3.65. The molecule has 0 bridgehead atoms. The lowest BCUT2D eigenvalue weighted by Crippen LogP contribution is -2.57. The van der Waals surface area contributed by atoms with Crippen molar-refractivity contribution in [3.8, 4) is 0 Å². The van der Waals surface area contributed by atoms with Gasteiger partial charge in [-0.15, -0.1) is 0 Å². The molecule has 3 aliphatic rings. The molecule has 2 aromatic heterocycles. The predicted molar refractivity (Wildman–Crippen MR) is 131 cm³/mol. The normalized spacial score (nSPS) is 33.7. The molecule has 41 heavy (non-hydrogen) atoms. The third-order valence-corrected chi connectivity index (χ3v) is 10.4. The number of phosphoric ester groups is 1. The number of aliphatic hydroxyl groups is 1. The highest BCUT2D eigenvalue weighted by atomic mass is 31.3. The molecule has 3 fully saturated rings. The second-order valence-corrected chi connectivity index (χ2v) is 13.8. The van der Waals surface area contributed by atoms with Crippen LogP contribution >= 0.6 is 23.5 Å². The lowest BCUT2D eigenvalue weighted by molar-refractivity contribution is -0.226. The minimum atomic E-state index is -5.76. The van der Waals surface area contributed by atoms with E-state index in [1.165, 1.54) is 17.2 Å². The van der Waals surface area contributed by atoms with E-state index < -0.39 is 66.5 Å². The summed E-state index contributed by atoms with van der Waals surface area (Å²) in [6.07, 6.45) is -1.14. The smallest absolute Gasteiger partial charge is 0.382 e. The van der Waals surface area contributed by atoms with Crippen LogP contribution in [0.3, 0.4) is 0 Å². The Morgan fingerprint density at radius 1 is 1.02 bits per heavy atom. The molecular formula is C18H28N5O15P3. The van der Waals surface area contributed by atoms with Crippen LogP contribution in [0.1, 0.15) is 31.9 Å². The van der Waals surface area contributed by atoms with Crippen molar-refractivity contribution in [2.45, 2.75) is 62.1 Å². The maximum atomic E-state index is 12.5. The van der Waals surface area contributed by atoms with Gasteiger partial charge in [0, 0.05) is 19.6 Å². The number of anilines is 1. The highest BCUT2D eigenvalue weighted by Crippen LogP contribution is 2.66. The molecule has 0 amide bonds. The fourth-order valence-corrected chi connectivity index (χ4v) is 8.04. The van der Waals surface area contributed by atoms with Crippen molar-refractivity contribution >= 4 is 40.4 Å². The number of rotatable bonds is 11. The highest BCUT2D eigenvalue weighted by Gasteiger charge is 2.64. The minimum Gasteiger partial charge on any atom is -0.382 e. The Hall–Kier alpha value is -1.44. The van der Waals surface area contributed by atoms with Gasteiger partial charge < -0.3 is 49.4 Å². The largest absolute Gasteiger partial charge is 0.490 e. The van der Waals surface area contributed by atoms with E-state index in [1.54, 1.807) is 0 Å². The zero-order chi connectivity index (χ0) is 29.6. The number of hydrogen-bond donors (Lipinski definition) is 6. The average molecular weight is 647 g/mol. The molecule has 0 aliphatic carbocycles. The molecular weight excluding hydrogens is 619 g/mol. The number of nitrogen functional groups attached to an aromatic ring is 1. The van der Waals surface area contributed by atoms with E-state index in [0.29, 0.717) is 38.9 Å². The molecule has 5 heterocycles. The first-order valence-electron chi connectivity index (χ1n) is 12.2. The molecule has 2 aromatic rings. The monoisotopic (exact) mass is 647 g/mol. The van der Waals surface area contributed by atoms with Crippen LogP contribution in [0.2, 0.25) is 0 Å². The van der Waals surface area contributed by atoms with Gasteiger partial charge in [0.15, 0.2) is 29.6 Å². The predicted octanol–water partition coefficient (Wildman–Crippen LogP) is 0.0810. The number of fused-ring (bicyclic) bond motifs is 1. The number of ether oxygens (including phenoxy) is 4. The Bertz CT molecular complexity index is 1390. The van der Waals surface area contributed by atoms with Crippen molar-refractivity contribution in [2.75, 3.05) is 25.6 Å². The third kappa shape index (κ3) is 6.72. The quantitative estimate of drug-likeness (QED) is 0.176. The van der Waals surface area contributed by atoms with Crippen LogP contribution in [0.5, 0.6) is 0 Å². The summed E-state index contributed by atoms with van der Waals surface area (Å²) in [6.45, 7) is -0.191. The van der Waals surface area contributed by atoms with Crippen molar-refractivity contribution in [3.05, 3.63) is 12.7 Å². The van der Waals surface area contributed by atoms with Crippen molar-refractivity contribution in [1.82, 2.24) is 19.5 Å². The Morgan fingerprint density at radius 2 is 1.76 bits per heavy atom. The summed E-state index contributed by atoms with van der Waals surface area (Å²) in [5, 5.41) is 12.3. The molecule has 23 heteroatoms. The van der Waals surface area contributed by atoms with Gasteiger partial charge in [0.1, 0.15) is 24.1 Å². The van der Waals surface area contributed by atoms with Crippen molar-refractivity contribution in [3.63, 3.8) is 0 Å². The fraction of sp³-hybridized carbons (Fsp3) is 0.722. The van der Waals surface area contributed by atoms with Crippen molar-refractivity contribution in [2.24, 2.45) is 0 Å². The van der Waals surface area contributed by atoms with E-state index in [1.807, 2.05) is 0 Å². The molecule has 3 saturated heterocycles. The molecule has 0 saturated carbocycles. The summed E-state index contributed by atoms with van der Waals surface area (Å²) < 4.78 is 72.6. The van der Waals surface area contributed by atoms with Gasteiger partial charge in [0.05, 0.1) is 19.0 Å². The van der Waals surface area contributed by atoms with Crippen LogP contribution in [-0.2, 0) is 45.8 Å². The number of aromatic nitrogens is 4. The number of phosphoric acid groups is 3. The summed E-state index contributed by atoms with van der Waals surface area (Å²) in [4.78, 5) is 49.3. The maximum Gasteiger partial charge on any atom is 0.490 e. The van der Waals surface area contributed by atoms with Crippen molar-refractivity contribution < 1.29 is 70.5 Å². The van der Waals surface area contributed by atoms with Gasteiger partial charge in [-0.05, 0) is 19.3 Å². The highest BCUT2D eigenvalue weighted by molar-refractivity contribution is 7.66. The zero-order valence-electron chi connectivity index (χ0n) is 21.0. The van der Waals surface area contributed by atoms with E-state index in [9.17, 15) is 28.6 Å². The minimum absolute atomic E-state index is 0.0590. The van der Waals surface area contributed by atoms with E-state index in [-0.39, 0.29) is 17.0 Å². The Balaban J connectivity index is 1.47. The van der Waals surface area contributed by atoms with Crippen LogP contribution in [-0.4, -0.2) is 94.2 Å². The zero-order valence-corrected chi connectivity index (χ0v) is 23.7. The molecule has 8 atom stereocenters. The molecule has 7 N–H and O–H groups in total. The number of nitrogens with two attached hydrogens (primary N) is 1. The van der Waals surface area contributed by atoms with Gasteiger partial charge in [-0.2, -0.15) is 8.62 Å². The first-order valence-corrected chi connectivity index (χ1v) is 16.7. The van der Waals surface area contributed by atoms with Crippen LogP contribution in [0, 0.1) is 0 Å². The van der Waals surface area contributed by atoms with Crippen LogP contribution in [0.4, 0.5) is 5.82 Å². The molecule has 0 spiro atoms. The molecule has 4 unspecified atom stereocenters. The van der Waals surface area contributed by atoms with Gasteiger partial charge >= 0.3 is 23.5 Å². The lowest BCUT2D eigenvalue weighted by Gasteiger charge is -2.38. The maximum absolute atomic E-state index is 12.5. The molecule has 0 aromatic carbocycles. The lowest BCUT2D eigenvalue weighted by atomic mass is 9.86. The van der Waals surface area contributed by atoms with Crippen molar-refractivity contribution in [1.29, 1.82) is 0 Å². The van der Waals surface area contributed by atoms with Crippen LogP contribution in [0.25, 0.3) is 11.2 Å². The Morgan fingerprint density at radius 3 is 2.41 bits per heavy atom. The molecule has 20 nitrogen and oxygen atoms in total. The fourth-order valence-electron chi connectivity index (χ4n) is 5.01. The molecule has 3 aliphatic heterocycles. The standard InChI is InChI=1S/C18H28N5O15P3/c19-15-13-16(21-8-20-15)23(9-22-13)17-18(24,11-3-1-5-32-11)14(36-12-4-2-6-33-12)10(35-17)7-34-40(28,29)38-41(30,31)37-39(25,26)27/h8-12,14,17,24H,1-7H2,(H,28,29)(H,30,31)(H2,19,20,21)(H2,25,26,27)/t10-,11?,12?,14-,17-,18-/m1/s1. The number of imidazole rings is 1. The van der Waals surface area contributed by atoms with Gasteiger partial charge in [0.25, 0.3) is 0 Å². The van der Waals surface area contributed by atoms with Gasteiger partial charge in [-0.25, -0.2) is 28.6 Å². The Kier molecular flexibility index (Phi) is 8.75. The number of hydrogen-bond acceptors (Lipinski definition) is 15. The first kappa shape index (κ1) is 31.0. The third-order valence-electron chi connectivity index (χ3n) is 6.58. The Labute approximate surface area is 231 Å². The summed E-state index contributed by atoms with van der Waals surface area (Å²) in [7, 11) is -16.9. The SMILES string of the molecule is Nc1ncnc2c1ncn2[C@@H]1O[C@H](COP(=O)(O)OP(=O)(O)OP(=O)(O)O)[C@@H](OC2CCCO2)[C@]1(O)C1CCCO1. The van der Waals surface area contributed by atoms with E-state index in [0.717, 1.165) is 0 Å². The molecule has 230 valence electrons. The van der Waals surface area contributed by atoms with E-state index >= 15 is 0 Å². The van der Waals surface area contributed by atoms with E-state index in [4.69, 9.17) is 39.0 Å². The van der Waals surface area contributed by atoms with Gasteiger partial charge in [-0.3, -0.25) is 9.09 Å². The van der Waals surface area contributed by atoms with Crippen LogP contribution < -0.4 is 5.73 Å². The molecule has 0 radical (unpaired) electrons. The summed E-state index contributed by atoms with van der Waals surface area (Å²) in [5.74, 6) is 0.0590. The number of nitrogens with zero attached hydrogens (tertiary/aromatic N) is 4. The first-order chi connectivity index (χ1) is 19.2. The second-order valence-electron chi connectivity index (χ2n) is 9.38. The topological polar surface area (TPSA) is 287 Å². The summed E-state index contributed by atoms with van der Waals surface area (Å²) in [5.41, 5.74) is 4.31. The summed E-state index contributed by atoms with van der Waals surface area (Å²) >= 11 is 0. The van der Waals surface area contributed by atoms with Gasteiger partial charge in [-0.1, -0.05) is 0 Å². The second kappa shape index (κ2) is 11.6. The molecule has 5 rings (SSSR count). The van der Waals surface area contributed by atoms with E-state index in [2.05, 4.69) is 23.6 Å². The summed E-state index contributed by atoms with van der Waals surface area (Å²) in [6, 6.07) is 0.